The van der Waals surface area contributed by atoms with Crippen molar-refractivity contribution in [1.82, 2.24) is 0 Å². The van der Waals surface area contributed by atoms with Crippen LogP contribution >= 0.6 is 0 Å². The van der Waals surface area contributed by atoms with E-state index in [1.807, 2.05) is 0 Å². The first kappa shape index (κ1) is 26.6. The Morgan fingerprint density at radius 3 is 1.27 bits per heavy atom. The van der Waals surface area contributed by atoms with Crippen molar-refractivity contribution < 1.29 is 59.2 Å². The van der Waals surface area contributed by atoms with Gasteiger partial charge in [-0.05, 0) is 0 Å². The molecule has 14 heteroatoms. The molecule has 0 radical (unpaired) electrons. The molecule has 0 spiro atoms. The molecule has 2 rings (SSSR count). The summed E-state index contributed by atoms with van der Waals surface area (Å²) in [6, 6.07) is -2.07. The van der Waals surface area contributed by atoms with Crippen molar-refractivity contribution in [3.8, 4) is 0 Å². The van der Waals surface area contributed by atoms with E-state index in [-0.39, 0.29) is 0 Å². The minimum absolute atomic E-state index is 0.497. The Hall–Kier alpha value is -1.46. The summed E-state index contributed by atoms with van der Waals surface area (Å²) in [7, 11) is 0. The number of hydrogen-bond acceptors (Lipinski definition) is 14. The van der Waals surface area contributed by atoms with Crippen molar-refractivity contribution in [3.05, 3.63) is 0 Å². The van der Waals surface area contributed by atoms with E-state index in [2.05, 4.69) is 9.47 Å². The highest BCUT2D eigenvalue weighted by molar-refractivity contribution is 5.66. The van der Waals surface area contributed by atoms with Gasteiger partial charge in [0.1, 0.15) is 36.6 Å². The molecule has 10 N–H and O–H groups in total. The number of carbonyl (C=O) groups is 2. The molecule has 0 aromatic carbocycles. The first-order valence-electron chi connectivity index (χ1n) is 9.05. The van der Waals surface area contributed by atoms with Crippen LogP contribution in [0.2, 0.25) is 0 Å². The molecule has 14 nitrogen and oxygen atoms in total. The Morgan fingerprint density at radius 1 is 0.733 bits per heavy atom. The monoisotopic (exact) mass is 442 g/mol. The number of esters is 2. The highest BCUT2D eigenvalue weighted by Crippen LogP contribution is 2.21. The fraction of sp³-hybridized carbons (Fsp3) is 0.875. The summed E-state index contributed by atoms with van der Waals surface area (Å²) in [6.45, 7) is 1.34. The molecule has 0 saturated carbocycles. The molecule has 2 fully saturated rings. The van der Waals surface area contributed by atoms with Crippen LogP contribution in [0.15, 0.2) is 0 Å². The zero-order chi connectivity index (χ0) is 23.2. The summed E-state index contributed by atoms with van der Waals surface area (Å²) in [5.74, 6) is -1.23. The van der Waals surface area contributed by atoms with Crippen molar-refractivity contribution >= 4 is 11.9 Å². The maximum atomic E-state index is 10.7. The lowest BCUT2D eigenvalue weighted by atomic mass is 9.98. The number of aliphatic hydroxyl groups is 6. The van der Waals surface area contributed by atoms with Gasteiger partial charge in [-0.2, -0.15) is 0 Å². The lowest BCUT2D eigenvalue weighted by Gasteiger charge is -2.39. The second-order valence-electron chi connectivity index (χ2n) is 6.79. The SMILES string of the molecule is CC(=O)OC1O[C@H](CO)[C@@H](O)[C@H](O)[C@H]1N.CC(=O)OC1O[C@H](CO)[C@@H](O)[C@H](O)[C@H]1N. The van der Waals surface area contributed by atoms with E-state index >= 15 is 0 Å². The summed E-state index contributed by atoms with van der Waals surface area (Å²) >= 11 is 0. The van der Waals surface area contributed by atoms with Crippen molar-refractivity contribution in [2.24, 2.45) is 11.5 Å². The van der Waals surface area contributed by atoms with E-state index in [4.69, 9.17) is 31.2 Å². The maximum Gasteiger partial charge on any atom is 0.304 e. The van der Waals surface area contributed by atoms with E-state index in [1.54, 1.807) is 0 Å². The molecule has 2 saturated heterocycles. The van der Waals surface area contributed by atoms with Gasteiger partial charge in [-0.15, -0.1) is 0 Å². The quantitative estimate of drug-likeness (QED) is 0.189. The lowest BCUT2D eigenvalue weighted by Crippen LogP contribution is -2.62. The molecule has 2 heterocycles. The molecule has 2 aliphatic rings. The molecule has 10 atom stereocenters. The lowest BCUT2D eigenvalue weighted by molar-refractivity contribution is -0.258. The Balaban J connectivity index is 0.000000300. The maximum absolute atomic E-state index is 10.7. The average Bonchev–Trinajstić information content (AvgIpc) is 2.68. The normalized spacial score (nSPS) is 41.3. The highest BCUT2D eigenvalue weighted by Gasteiger charge is 2.44. The van der Waals surface area contributed by atoms with Gasteiger partial charge in [-0.25, -0.2) is 0 Å². The van der Waals surface area contributed by atoms with Gasteiger partial charge >= 0.3 is 11.9 Å². The van der Waals surface area contributed by atoms with Gasteiger partial charge in [-0.1, -0.05) is 0 Å². The van der Waals surface area contributed by atoms with Crippen LogP contribution < -0.4 is 11.5 Å². The highest BCUT2D eigenvalue weighted by atomic mass is 16.7. The fourth-order valence-corrected chi connectivity index (χ4v) is 2.75. The Morgan fingerprint density at radius 2 is 1.03 bits per heavy atom. The van der Waals surface area contributed by atoms with E-state index in [0.29, 0.717) is 0 Å². The summed E-state index contributed by atoms with van der Waals surface area (Å²) in [5, 5.41) is 55.4. The molecule has 0 aliphatic carbocycles. The average molecular weight is 442 g/mol. The largest absolute Gasteiger partial charge is 0.434 e. The van der Waals surface area contributed by atoms with Crippen molar-refractivity contribution in [3.63, 3.8) is 0 Å². The predicted octanol–water partition coefficient (Wildman–Crippen LogP) is -5.37. The van der Waals surface area contributed by atoms with Gasteiger partial charge in [0.2, 0.25) is 12.6 Å². The van der Waals surface area contributed by atoms with Crippen LogP contribution in [0.4, 0.5) is 0 Å². The molecule has 0 amide bonds. The second-order valence-corrected chi connectivity index (χ2v) is 6.79. The number of rotatable bonds is 4. The summed E-state index contributed by atoms with van der Waals surface area (Å²) in [6.07, 6.45) is -9.53. The fourth-order valence-electron chi connectivity index (χ4n) is 2.75. The van der Waals surface area contributed by atoms with Crippen LogP contribution in [-0.4, -0.2) is 117 Å². The standard InChI is InChI=1S/2C8H15NO6/c2*1-3(11)14-8-5(9)7(13)6(12)4(2-10)15-8/h2*4-8,10,12-13H,2,9H2,1H3/t2*4-,5-,6-,7-,8?/m11/s1. The van der Waals surface area contributed by atoms with Crippen LogP contribution in [0.25, 0.3) is 0 Å². The van der Waals surface area contributed by atoms with E-state index in [0.717, 1.165) is 0 Å². The first-order valence-corrected chi connectivity index (χ1v) is 9.05. The van der Waals surface area contributed by atoms with Crippen molar-refractivity contribution in [2.45, 2.75) is 75.1 Å². The molecule has 0 bridgehead atoms. The van der Waals surface area contributed by atoms with Gasteiger partial charge in [0.15, 0.2) is 0 Å². The minimum Gasteiger partial charge on any atom is -0.434 e. The smallest absolute Gasteiger partial charge is 0.304 e. The molecular formula is C16H30N2O12. The Kier molecular flexibility index (Phi) is 10.5. The molecule has 0 aromatic heterocycles. The number of nitrogens with two attached hydrogens (primary N) is 2. The third-order valence-corrected chi connectivity index (χ3v) is 4.42. The minimum atomic E-state index is -1.31. The molecule has 30 heavy (non-hydrogen) atoms. The summed E-state index contributed by atoms with van der Waals surface area (Å²) in [5.41, 5.74) is 11.0. The van der Waals surface area contributed by atoms with Crippen LogP contribution in [0.5, 0.6) is 0 Å². The van der Waals surface area contributed by atoms with E-state index < -0.39 is 86.4 Å². The third kappa shape index (κ3) is 6.78. The Labute approximate surface area is 171 Å². The number of ether oxygens (including phenoxy) is 4. The van der Waals surface area contributed by atoms with Gasteiger partial charge in [-0.3, -0.25) is 9.59 Å². The molecule has 2 aliphatic heterocycles. The first-order chi connectivity index (χ1) is 13.9. The van der Waals surface area contributed by atoms with Gasteiger partial charge in [0, 0.05) is 13.8 Å². The van der Waals surface area contributed by atoms with Crippen LogP contribution in [0.1, 0.15) is 13.8 Å². The van der Waals surface area contributed by atoms with Crippen LogP contribution in [-0.2, 0) is 28.5 Å². The second kappa shape index (κ2) is 11.8. The van der Waals surface area contributed by atoms with Gasteiger partial charge in [0.05, 0.1) is 25.3 Å². The topological polar surface area (TPSA) is 244 Å². The number of hydrogen-bond donors (Lipinski definition) is 8. The molecular weight excluding hydrogens is 412 g/mol. The van der Waals surface area contributed by atoms with E-state index in [9.17, 15) is 30.0 Å². The summed E-state index contributed by atoms with van der Waals surface area (Å²) < 4.78 is 19.4. The summed E-state index contributed by atoms with van der Waals surface area (Å²) in [4.78, 5) is 21.4. The molecule has 2 unspecified atom stereocenters. The predicted molar refractivity (Wildman–Crippen MR) is 95.0 cm³/mol. The van der Waals surface area contributed by atoms with Crippen molar-refractivity contribution in [2.75, 3.05) is 13.2 Å². The third-order valence-electron chi connectivity index (χ3n) is 4.42. The van der Waals surface area contributed by atoms with E-state index in [1.165, 1.54) is 13.8 Å². The number of carbonyl (C=O) groups excluding carboxylic acids is 2. The van der Waals surface area contributed by atoms with Crippen molar-refractivity contribution in [1.29, 1.82) is 0 Å². The zero-order valence-electron chi connectivity index (χ0n) is 16.5. The molecule has 0 aromatic rings. The van der Waals surface area contributed by atoms with Gasteiger partial charge in [0.25, 0.3) is 0 Å². The van der Waals surface area contributed by atoms with Crippen LogP contribution in [0.3, 0.4) is 0 Å². The van der Waals surface area contributed by atoms with Crippen LogP contribution in [0, 0.1) is 0 Å². The Bertz CT molecular complexity index is 514. The number of aliphatic hydroxyl groups excluding tert-OH is 6. The molecule has 176 valence electrons. The zero-order valence-corrected chi connectivity index (χ0v) is 16.5. The van der Waals surface area contributed by atoms with Gasteiger partial charge < -0.3 is 61.1 Å².